The van der Waals surface area contributed by atoms with Crippen LogP contribution in [0.5, 0.6) is 0 Å². The Kier molecular flexibility index (Phi) is 4.71. The number of carbonyl (C=O) groups is 1. The van der Waals surface area contributed by atoms with E-state index >= 15 is 0 Å². The SMILES string of the molecule is O=C(SCCNc1ccc([N+](=O)[O-])c2nonc12)c1ccccc1. The van der Waals surface area contributed by atoms with E-state index in [0.29, 0.717) is 29.1 Å². The molecular weight excluding hydrogens is 332 g/mol. The fraction of sp³-hybridized carbons (Fsp3) is 0.133. The average molecular weight is 344 g/mol. The highest BCUT2D eigenvalue weighted by Crippen LogP contribution is 2.28. The van der Waals surface area contributed by atoms with E-state index in [9.17, 15) is 14.9 Å². The van der Waals surface area contributed by atoms with Crippen molar-refractivity contribution in [1.82, 2.24) is 10.3 Å². The summed E-state index contributed by atoms with van der Waals surface area (Å²) in [7, 11) is 0. The zero-order chi connectivity index (χ0) is 16.9. The summed E-state index contributed by atoms with van der Waals surface area (Å²) in [6.07, 6.45) is 0. The predicted molar refractivity (Wildman–Crippen MR) is 90.2 cm³/mol. The van der Waals surface area contributed by atoms with Crippen LogP contribution in [0.4, 0.5) is 11.4 Å². The minimum atomic E-state index is -0.537. The molecule has 0 saturated carbocycles. The van der Waals surface area contributed by atoms with E-state index in [1.807, 2.05) is 18.2 Å². The highest BCUT2D eigenvalue weighted by Gasteiger charge is 2.19. The number of non-ortho nitro benzene ring substituents is 1. The first-order chi connectivity index (χ1) is 11.7. The van der Waals surface area contributed by atoms with Crippen LogP contribution in [0.15, 0.2) is 47.1 Å². The molecule has 3 rings (SSSR count). The second kappa shape index (κ2) is 7.09. The van der Waals surface area contributed by atoms with Gasteiger partial charge in [0.25, 0.3) is 0 Å². The maximum absolute atomic E-state index is 12.0. The van der Waals surface area contributed by atoms with E-state index in [2.05, 4.69) is 20.3 Å². The molecule has 0 aliphatic carbocycles. The van der Waals surface area contributed by atoms with Crippen molar-refractivity contribution in [2.45, 2.75) is 0 Å². The molecule has 0 spiro atoms. The van der Waals surface area contributed by atoms with Gasteiger partial charge in [0.2, 0.25) is 10.6 Å². The largest absolute Gasteiger partial charge is 0.382 e. The number of hydrogen-bond acceptors (Lipinski definition) is 8. The van der Waals surface area contributed by atoms with Crippen molar-refractivity contribution in [2.24, 2.45) is 0 Å². The van der Waals surface area contributed by atoms with Gasteiger partial charge < -0.3 is 5.32 Å². The zero-order valence-corrected chi connectivity index (χ0v) is 13.2. The van der Waals surface area contributed by atoms with Gasteiger partial charge in [-0.3, -0.25) is 14.9 Å². The zero-order valence-electron chi connectivity index (χ0n) is 12.3. The summed E-state index contributed by atoms with van der Waals surface area (Å²) in [5.74, 6) is 0.539. The topological polar surface area (TPSA) is 111 Å². The van der Waals surface area contributed by atoms with Crippen molar-refractivity contribution in [3.8, 4) is 0 Å². The van der Waals surface area contributed by atoms with Crippen LogP contribution in [-0.4, -0.2) is 32.6 Å². The molecule has 0 amide bonds. The summed E-state index contributed by atoms with van der Waals surface area (Å²) in [6.45, 7) is 0.489. The lowest BCUT2D eigenvalue weighted by Gasteiger charge is -2.06. The van der Waals surface area contributed by atoms with Gasteiger partial charge in [-0.05, 0) is 16.4 Å². The van der Waals surface area contributed by atoms with E-state index in [4.69, 9.17) is 0 Å². The molecule has 1 heterocycles. The molecule has 0 bridgehead atoms. The third kappa shape index (κ3) is 3.35. The standard InChI is InChI=1S/C15H12N4O4S/c20-15(10-4-2-1-3-5-10)24-9-8-16-11-6-7-12(19(21)22)14-13(11)17-23-18-14/h1-7,16H,8-9H2. The maximum Gasteiger partial charge on any atom is 0.300 e. The number of benzene rings is 2. The minimum absolute atomic E-state index is 0.00523. The molecule has 3 aromatic rings. The lowest BCUT2D eigenvalue weighted by molar-refractivity contribution is -0.383. The van der Waals surface area contributed by atoms with E-state index in [-0.39, 0.29) is 16.3 Å². The van der Waals surface area contributed by atoms with Gasteiger partial charge in [0, 0.05) is 23.9 Å². The number of aromatic nitrogens is 2. The van der Waals surface area contributed by atoms with Gasteiger partial charge in [0.15, 0.2) is 5.52 Å². The Balaban J connectivity index is 1.61. The Morgan fingerprint density at radius 3 is 2.67 bits per heavy atom. The summed E-state index contributed by atoms with van der Waals surface area (Å²) in [6, 6.07) is 11.9. The number of thioether (sulfide) groups is 1. The Morgan fingerprint density at radius 1 is 1.17 bits per heavy atom. The summed E-state index contributed by atoms with van der Waals surface area (Å²) in [4.78, 5) is 22.4. The first kappa shape index (κ1) is 15.9. The van der Waals surface area contributed by atoms with E-state index in [0.717, 1.165) is 0 Å². The van der Waals surface area contributed by atoms with Gasteiger partial charge in [0.05, 0.1) is 10.6 Å². The molecule has 9 heteroatoms. The van der Waals surface area contributed by atoms with Crippen molar-refractivity contribution < 1.29 is 14.3 Å². The quantitative estimate of drug-likeness (QED) is 0.412. The Bertz CT molecular complexity index is 882. The lowest BCUT2D eigenvalue weighted by Crippen LogP contribution is -2.07. The van der Waals surface area contributed by atoms with E-state index < -0.39 is 4.92 Å². The molecular formula is C15H12N4O4S. The van der Waals surface area contributed by atoms with Gasteiger partial charge in [-0.25, -0.2) is 4.63 Å². The number of fused-ring (bicyclic) bond motifs is 1. The normalized spacial score (nSPS) is 10.7. The third-order valence-corrected chi connectivity index (χ3v) is 4.16. The van der Waals surface area contributed by atoms with Gasteiger partial charge in [-0.2, -0.15) is 0 Å². The van der Waals surface area contributed by atoms with E-state index in [1.165, 1.54) is 17.8 Å². The van der Waals surface area contributed by atoms with Crippen LogP contribution < -0.4 is 5.32 Å². The summed E-state index contributed by atoms with van der Waals surface area (Å²) in [5, 5.41) is 21.3. The van der Waals surface area contributed by atoms with Gasteiger partial charge >= 0.3 is 5.69 Å². The summed E-state index contributed by atoms with van der Waals surface area (Å²) < 4.78 is 4.60. The van der Waals surface area contributed by atoms with Gasteiger partial charge in [-0.15, -0.1) is 0 Å². The first-order valence-electron chi connectivity index (χ1n) is 7.02. The fourth-order valence-corrected chi connectivity index (χ4v) is 2.82. The van der Waals surface area contributed by atoms with E-state index in [1.54, 1.807) is 18.2 Å². The van der Waals surface area contributed by atoms with Crippen molar-refractivity contribution in [3.63, 3.8) is 0 Å². The van der Waals surface area contributed by atoms with Crippen LogP contribution >= 0.6 is 11.8 Å². The Morgan fingerprint density at radius 2 is 1.92 bits per heavy atom. The molecule has 0 aliphatic rings. The number of nitro groups is 1. The van der Waals surface area contributed by atoms with Crippen LogP contribution in [0.1, 0.15) is 10.4 Å². The number of hydrogen-bond donors (Lipinski definition) is 1. The number of nitrogens with zero attached hydrogens (tertiary/aromatic N) is 3. The Labute approximate surface area is 140 Å². The first-order valence-corrected chi connectivity index (χ1v) is 8.01. The van der Waals surface area contributed by atoms with Crippen LogP contribution in [-0.2, 0) is 0 Å². The van der Waals surface area contributed by atoms with Crippen molar-refractivity contribution in [2.75, 3.05) is 17.6 Å². The third-order valence-electron chi connectivity index (χ3n) is 3.25. The molecule has 0 aliphatic heterocycles. The maximum atomic E-state index is 12.0. The molecule has 122 valence electrons. The van der Waals surface area contributed by atoms with Crippen molar-refractivity contribution in [3.05, 3.63) is 58.1 Å². The number of anilines is 1. The highest BCUT2D eigenvalue weighted by molar-refractivity contribution is 8.14. The summed E-state index contributed by atoms with van der Waals surface area (Å²) >= 11 is 1.20. The molecule has 1 aromatic heterocycles. The lowest BCUT2D eigenvalue weighted by atomic mass is 10.2. The number of nitro benzene ring substituents is 1. The number of nitrogens with one attached hydrogen (secondary N) is 1. The molecule has 24 heavy (non-hydrogen) atoms. The van der Waals surface area contributed by atoms with Gasteiger partial charge in [0.1, 0.15) is 0 Å². The van der Waals surface area contributed by atoms with Gasteiger partial charge in [-0.1, -0.05) is 42.1 Å². The fourth-order valence-electron chi connectivity index (χ4n) is 2.13. The number of rotatable bonds is 6. The molecule has 0 saturated heterocycles. The molecule has 0 fully saturated rings. The van der Waals surface area contributed by atoms with Crippen molar-refractivity contribution in [1.29, 1.82) is 0 Å². The van der Waals surface area contributed by atoms with Crippen LogP contribution in [0.2, 0.25) is 0 Å². The average Bonchev–Trinajstić information content (AvgIpc) is 3.08. The monoisotopic (exact) mass is 344 g/mol. The van der Waals surface area contributed by atoms with Crippen LogP contribution in [0.25, 0.3) is 11.0 Å². The Hall–Kier alpha value is -2.94. The molecule has 0 unspecified atom stereocenters. The molecule has 1 N–H and O–H groups in total. The smallest absolute Gasteiger partial charge is 0.300 e. The molecule has 0 atom stereocenters. The van der Waals surface area contributed by atoms with Crippen molar-refractivity contribution >= 4 is 39.3 Å². The predicted octanol–water partition coefficient (Wildman–Crippen LogP) is 3.12. The molecule has 2 aromatic carbocycles. The number of carbonyl (C=O) groups excluding carboxylic acids is 1. The minimum Gasteiger partial charge on any atom is -0.382 e. The van der Waals surface area contributed by atoms with Crippen LogP contribution in [0.3, 0.4) is 0 Å². The van der Waals surface area contributed by atoms with Crippen LogP contribution in [0, 0.1) is 10.1 Å². The highest BCUT2D eigenvalue weighted by atomic mass is 32.2. The second-order valence-corrected chi connectivity index (χ2v) is 5.85. The summed E-state index contributed by atoms with van der Waals surface area (Å²) in [5.41, 5.74) is 1.46. The molecule has 8 nitrogen and oxygen atoms in total. The molecule has 0 radical (unpaired) electrons. The second-order valence-electron chi connectivity index (χ2n) is 4.78.